The Morgan fingerprint density at radius 3 is 2.48 bits per heavy atom. The second-order valence-corrected chi connectivity index (χ2v) is 4.71. The lowest BCUT2D eigenvalue weighted by Crippen LogP contribution is -2.50. The summed E-state index contributed by atoms with van der Waals surface area (Å²) in [5.74, 6) is -2.87. The molecule has 1 saturated heterocycles. The molecule has 0 bridgehead atoms. The van der Waals surface area contributed by atoms with Gasteiger partial charge >= 0.3 is 6.18 Å². The largest absolute Gasteiger partial charge is 0.419 e. The minimum Gasteiger partial charge on any atom is -0.342 e. The fourth-order valence-electron chi connectivity index (χ4n) is 2.02. The topological polar surface area (TPSA) is 40.6 Å². The average Bonchev–Trinajstić information content (AvgIpc) is 2.40. The van der Waals surface area contributed by atoms with Crippen molar-refractivity contribution in [3.8, 4) is 0 Å². The first-order chi connectivity index (χ1) is 9.71. The van der Waals surface area contributed by atoms with Crippen LogP contribution in [-0.2, 0) is 11.0 Å². The summed E-state index contributed by atoms with van der Waals surface area (Å²) in [5, 5.41) is 0. The average molecular weight is 304 g/mol. The van der Waals surface area contributed by atoms with Gasteiger partial charge in [-0.15, -0.1) is 0 Å². The minimum atomic E-state index is -4.88. The normalized spacial score (nSPS) is 16.3. The molecule has 1 aliphatic heterocycles. The Bertz CT molecular complexity index is 586. The summed E-state index contributed by atoms with van der Waals surface area (Å²) in [5.41, 5.74) is -2.17. The number of carbonyl (C=O) groups is 2. The van der Waals surface area contributed by atoms with Crippen molar-refractivity contribution in [3.05, 3.63) is 35.1 Å². The Balaban J connectivity index is 2.30. The van der Waals surface area contributed by atoms with Crippen molar-refractivity contribution in [3.63, 3.8) is 0 Å². The zero-order chi connectivity index (χ0) is 15.8. The second-order valence-electron chi connectivity index (χ2n) is 4.71. The van der Waals surface area contributed by atoms with E-state index in [0.29, 0.717) is 6.07 Å². The Labute approximate surface area is 117 Å². The summed E-state index contributed by atoms with van der Waals surface area (Å²) in [6, 6.07) is 2.52. The minimum absolute atomic E-state index is 0.150. The van der Waals surface area contributed by atoms with Crippen LogP contribution >= 0.6 is 0 Å². The molecule has 0 aliphatic carbocycles. The Morgan fingerprint density at radius 2 is 1.90 bits per heavy atom. The van der Waals surface area contributed by atoms with E-state index in [0.717, 1.165) is 17.0 Å². The standard InChI is InChI=1S/C13H12F4N2O2/c1-18-5-6-19(7-10(18)20)12(21)8-3-2-4-9(11(8)14)13(15,16)17/h2-4H,5-7H2,1H3. The number of rotatable bonds is 1. The summed E-state index contributed by atoms with van der Waals surface area (Å²) < 4.78 is 51.8. The number of benzene rings is 1. The molecule has 0 unspecified atom stereocenters. The number of hydrogen-bond donors (Lipinski definition) is 0. The summed E-state index contributed by atoms with van der Waals surface area (Å²) in [6.45, 7) is 0.132. The number of alkyl halides is 3. The van der Waals surface area contributed by atoms with Crippen LogP contribution < -0.4 is 0 Å². The van der Waals surface area contributed by atoms with Gasteiger partial charge in [0.05, 0.1) is 11.1 Å². The molecule has 4 nitrogen and oxygen atoms in total. The first-order valence-electron chi connectivity index (χ1n) is 6.10. The smallest absolute Gasteiger partial charge is 0.342 e. The number of piperazine rings is 1. The number of hydrogen-bond acceptors (Lipinski definition) is 2. The van der Waals surface area contributed by atoms with Crippen LogP contribution in [0.1, 0.15) is 15.9 Å². The van der Waals surface area contributed by atoms with Gasteiger partial charge in [-0.2, -0.15) is 13.2 Å². The zero-order valence-electron chi connectivity index (χ0n) is 11.1. The van der Waals surface area contributed by atoms with Crippen molar-refractivity contribution in [2.24, 2.45) is 0 Å². The van der Waals surface area contributed by atoms with Crippen molar-refractivity contribution < 1.29 is 27.2 Å². The predicted molar refractivity (Wildman–Crippen MR) is 64.9 cm³/mol. The summed E-state index contributed by atoms with van der Waals surface area (Å²) in [6.07, 6.45) is -4.88. The number of halogens is 4. The molecule has 0 N–H and O–H groups in total. The van der Waals surface area contributed by atoms with Gasteiger partial charge in [-0.05, 0) is 12.1 Å². The van der Waals surface area contributed by atoms with Gasteiger partial charge < -0.3 is 9.80 Å². The van der Waals surface area contributed by atoms with Crippen LogP contribution in [0.25, 0.3) is 0 Å². The van der Waals surface area contributed by atoms with Gasteiger partial charge in [-0.1, -0.05) is 6.07 Å². The van der Waals surface area contributed by atoms with E-state index in [9.17, 15) is 27.2 Å². The van der Waals surface area contributed by atoms with E-state index in [2.05, 4.69) is 0 Å². The van der Waals surface area contributed by atoms with E-state index in [1.165, 1.54) is 4.90 Å². The van der Waals surface area contributed by atoms with Gasteiger partial charge in [-0.25, -0.2) is 4.39 Å². The second kappa shape index (κ2) is 5.34. The number of carbonyl (C=O) groups excluding carboxylic acids is 2. The fraction of sp³-hybridized carbons (Fsp3) is 0.385. The molecule has 0 saturated carbocycles. The van der Waals surface area contributed by atoms with Crippen LogP contribution in [0.2, 0.25) is 0 Å². The van der Waals surface area contributed by atoms with E-state index < -0.39 is 29.0 Å². The molecular formula is C13H12F4N2O2. The molecule has 114 valence electrons. The quantitative estimate of drug-likeness (QED) is 0.742. The SMILES string of the molecule is CN1CCN(C(=O)c2cccc(C(F)(F)F)c2F)CC1=O. The third kappa shape index (κ3) is 2.98. The highest BCUT2D eigenvalue weighted by Gasteiger charge is 2.36. The maximum Gasteiger partial charge on any atom is 0.419 e. The lowest BCUT2D eigenvalue weighted by molar-refractivity contribution is -0.140. The number of likely N-dealkylation sites (N-methyl/N-ethyl adjacent to an activating group) is 1. The first-order valence-corrected chi connectivity index (χ1v) is 6.10. The highest BCUT2D eigenvalue weighted by atomic mass is 19.4. The van der Waals surface area contributed by atoms with Gasteiger partial charge in [0.25, 0.3) is 5.91 Å². The molecular weight excluding hydrogens is 292 g/mol. The maximum absolute atomic E-state index is 13.9. The Kier molecular flexibility index (Phi) is 3.89. The highest BCUT2D eigenvalue weighted by Crippen LogP contribution is 2.32. The van der Waals surface area contributed by atoms with E-state index in [4.69, 9.17) is 0 Å². The van der Waals surface area contributed by atoms with Crippen LogP contribution in [0.5, 0.6) is 0 Å². The summed E-state index contributed by atoms with van der Waals surface area (Å²) >= 11 is 0. The fourth-order valence-corrected chi connectivity index (χ4v) is 2.02. The maximum atomic E-state index is 13.9. The summed E-state index contributed by atoms with van der Waals surface area (Å²) in [4.78, 5) is 26.0. The van der Waals surface area contributed by atoms with E-state index in [1.54, 1.807) is 7.05 Å². The molecule has 0 aromatic heterocycles. The third-order valence-electron chi connectivity index (χ3n) is 3.28. The Morgan fingerprint density at radius 1 is 1.24 bits per heavy atom. The number of amides is 2. The summed E-state index contributed by atoms with van der Waals surface area (Å²) in [7, 11) is 1.55. The molecule has 1 aromatic rings. The van der Waals surface area contributed by atoms with Crippen molar-refractivity contribution in [2.75, 3.05) is 26.7 Å². The van der Waals surface area contributed by atoms with E-state index in [-0.39, 0.29) is 25.5 Å². The van der Waals surface area contributed by atoms with Crippen molar-refractivity contribution >= 4 is 11.8 Å². The van der Waals surface area contributed by atoms with Gasteiger partial charge in [0.2, 0.25) is 5.91 Å². The molecule has 0 spiro atoms. The predicted octanol–water partition coefficient (Wildman–Crippen LogP) is 1.76. The molecule has 0 atom stereocenters. The molecule has 2 rings (SSSR count). The molecule has 1 fully saturated rings. The van der Waals surface area contributed by atoms with Gasteiger partial charge in [0.1, 0.15) is 12.4 Å². The molecule has 2 amide bonds. The van der Waals surface area contributed by atoms with Crippen molar-refractivity contribution in [1.29, 1.82) is 0 Å². The van der Waals surface area contributed by atoms with Gasteiger partial charge in [0.15, 0.2) is 0 Å². The van der Waals surface area contributed by atoms with Crippen LogP contribution in [0.3, 0.4) is 0 Å². The third-order valence-corrected chi connectivity index (χ3v) is 3.28. The van der Waals surface area contributed by atoms with E-state index >= 15 is 0 Å². The monoisotopic (exact) mass is 304 g/mol. The van der Waals surface area contributed by atoms with Crippen molar-refractivity contribution in [2.45, 2.75) is 6.18 Å². The molecule has 21 heavy (non-hydrogen) atoms. The number of nitrogens with zero attached hydrogens (tertiary/aromatic N) is 2. The zero-order valence-corrected chi connectivity index (χ0v) is 11.1. The van der Waals surface area contributed by atoms with Crippen LogP contribution in [0.4, 0.5) is 17.6 Å². The lowest BCUT2D eigenvalue weighted by atomic mass is 10.1. The molecule has 1 aliphatic rings. The van der Waals surface area contributed by atoms with Crippen molar-refractivity contribution in [1.82, 2.24) is 9.80 Å². The molecule has 1 aromatic carbocycles. The van der Waals surface area contributed by atoms with Crippen LogP contribution in [0.15, 0.2) is 18.2 Å². The first kappa shape index (κ1) is 15.3. The molecule has 0 radical (unpaired) electrons. The lowest BCUT2D eigenvalue weighted by Gasteiger charge is -2.32. The van der Waals surface area contributed by atoms with Gasteiger partial charge in [-0.3, -0.25) is 9.59 Å². The van der Waals surface area contributed by atoms with Crippen LogP contribution in [0, 0.1) is 5.82 Å². The Hall–Kier alpha value is -2.12. The van der Waals surface area contributed by atoms with Gasteiger partial charge in [0, 0.05) is 20.1 Å². The molecule has 1 heterocycles. The van der Waals surface area contributed by atoms with Crippen LogP contribution in [-0.4, -0.2) is 48.3 Å². The van der Waals surface area contributed by atoms with E-state index in [1.807, 2.05) is 0 Å². The highest BCUT2D eigenvalue weighted by molar-refractivity contribution is 5.97. The molecule has 8 heteroatoms.